The van der Waals surface area contributed by atoms with Crippen LogP contribution in [-0.4, -0.2) is 62.0 Å². The van der Waals surface area contributed by atoms with Crippen molar-refractivity contribution in [2.75, 3.05) is 26.4 Å². The van der Waals surface area contributed by atoms with E-state index in [9.17, 15) is 29.4 Å². The van der Waals surface area contributed by atoms with Gasteiger partial charge in [-0.2, -0.15) is 0 Å². The number of nitrogens with one attached hydrogen (secondary N) is 2. The normalized spacial score (nSPS) is 14.3. The Morgan fingerprint density at radius 2 is 0.778 bits per heavy atom. The number of hydrogen-bond acceptors (Lipinski definition) is 12. The molecule has 0 aromatic heterocycles. The van der Waals surface area contributed by atoms with Crippen molar-refractivity contribution in [1.82, 2.24) is 0 Å². The van der Waals surface area contributed by atoms with Crippen LogP contribution in [0.15, 0.2) is 121 Å². The number of hydrogen-bond donors (Lipinski definition) is 4. The number of benzene rings is 2. The van der Waals surface area contributed by atoms with Gasteiger partial charge in [-0.3, -0.25) is 10.8 Å². The van der Waals surface area contributed by atoms with Gasteiger partial charge in [0.2, 0.25) is 0 Å². The molecule has 16 heteroatoms. The van der Waals surface area contributed by atoms with Gasteiger partial charge in [-0.1, -0.05) is 48.6 Å². The standard InChI is InChI=1S/C19H24N4O2.2C8H12.2C6H8O4.2Ir/c20-18(21)14-4-8-16(9-5-14)24-12-2-1-3-13-25-17-10-6-15(7-11-17)19(22)23;2*1-2-4-6-8-7-5-3-1;2*1-2-10-6(9)4-3-5(7)8;;/h4-11H,1-3,12-13H2,(H3,20,21)(H3,22,23);2*1-2,7-8H,3-6H2;2*3-4H,2H2,1H3,(H,7,8);;/p-2/b;2*2-1-,8-7-;2*4-3+;;. The first-order chi connectivity index (χ1) is 29.4. The minimum atomic E-state index is -1.41. The van der Waals surface area contributed by atoms with Gasteiger partial charge in [0.25, 0.3) is 0 Å². The number of carboxylic acid groups (broad SMARTS) is 2. The molecule has 0 spiro atoms. The van der Waals surface area contributed by atoms with E-state index in [0.29, 0.717) is 36.5 Å². The van der Waals surface area contributed by atoms with Crippen molar-refractivity contribution >= 4 is 35.5 Å². The summed E-state index contributed by atoms with van der Waals surface area (Å²) in [6, 6.07) is 14.4. The number of carbonyl (C=O) groups excluding carboxylic acids is 4. The summed E-state index contributed by atoms with van der Waals surface area (Å²) in [7, 11) is 0. The molecule has 2 aromatic rings. The van der Waals surface area contributed by atoms with E-state index < -0.39 is 23.9 Å². The molecule has 2 aliphatic rings. The van der Waals surface area contributed by atoms with E-state index in [2.05, 4.69) is 58.1 Å². The summed E-state index contributed by atoms with van der Waals surface area (Å²) in [5, 5.41) is 34.1. The molecule has 2 aromatic carbocycles. The van der Waals surface area contributed by atoms with E-state index in [4.69, 9.17) is 31.8 Å². The van der Waals surface area contributed by atoms with E-state index in [1.807, 2.05) is 24.3 Å². The Bertz CT molecular complexity index is 1580. The van der Waals surface area contributed by atoms with Crippen LogP contribution in [0.2, 0.25) is 0 Å². The zero-order chi connectivity index (χ0) is 45.4. The first-order valence-electron chi connectivity index (χ1n) is 20.3. The monoisotopic (exact) mass is 1230 g/mol. The molecule has 0 heterocycles. The number of allylic oxidation sites excluding steroid dienone is 8. The van der Waals surface area contributed by atoms with Gasteiger partial charge in [-0.25, -0.2) is 9.59 Å². The molecule has 2 aliphatic carbocycles. The first-order valence-corrected chi connectivity index (χ1v) is 20.3. The average molecular weight is 1230 g/mol. The number of nitrogens with two attached hydrogens (primary N) is 2. The SMILES string of the molecule is C1=C\CC/C=C\CC/1.C1=C\CC/C=C\CC/1.CCOC(=O)/C=C/C(=O)[O-].CCOC(=O)/C=C/C(=O)[O-].N=C(N)c1ccc(OCCCCCOc2ccc(C(=N)N)cc2)cc1.[Ir].[Ir]. The van der Waals surface area contributed by atoms with E-state index >= 15 is 0 Å². The third-order valence-electron chi connectivity index (χ3n) is 7.61. The fraction of sp³-hybridized carbons (Fsp3) is 0.362. The van der Waals surface area contributed by atoms with Crippen LogP contribution in [0.25, 0.3) is 0 Å². The van der Waals surface area contributed by atoms with E-state index in [0.717, 1.165) is 42.9 Å². The number of nitrogen functional groups attached to an aromatic ring is 2. The molecule has 0 unspecified atom stereocenters. The molecule has 6 N–H and O–H groups in total. The Morgan fingerprint density at radius 3 is 1.00 bits per heavy atom. The summed E-state index contributed by atoms with van der Waals surface area (Å²) in [6.45, 7) is 5.02. The third kappa shape index (κ3) is 40.4. The smallest absolute Gasteiger partial charge is 0.330 e. The van der Waals surface area contributed by atoms with Gasteiger partial charge >= 0.3 is 11.9 Å². The molecule has 0 saturated heterocycles. The van der Waals surface area contributed by atoms with Gasteiger partial charge in [-0.15, -0.1) is 0 Å². The fourth-order valence-electron chi connectivity index (χ4n) is 4.59. The number of rotatable bonds is 16. The van der Waals surface area contributed by atoms with E-state index in [1.165, 1.54) is 51.4 Å². The largest absolute Gasteiger partial charge is 0.545 e. The summed E-state index contributed by atoms with van der Waals surface area (Å²) in [6.07, 6.45) is 33.8. The minimum Gasteiger partial charge on any atom is -0.545 e. The summed E-state index contributed by atoms with van der Waals surface area (Å²) in [5.41, 5.74) is 12.2. The number of esters is 2. The Hall–Kier alpha value is -5.40. The van der Waals surface area contributed by atoms with Crippen molar-refractivity contribution < 1.29 is 88.5 Å². The Morgan fingerprint density at radius 1 is 0.508 bits per heavy atom. The van der Waals surface area contributed by atoms with Crippen LogP contribution >= 0.6 is 0 Å². The van der Waals surface area contributed by atoms with Crippen molar-refractivity contribution in [3.63, 3.8) is 0 Å². The molecule has 0 amide bonds. The van der Waals surface area contributed by atoms with Crippen molar-refractivity contribution in [2.24, 2.45) is 11.5 Å². The zero-order valence-electron chi connectivity index (χ0n) is 36.1. The molecule has 63 heavy (non-hydrogen) atoms. The quantitative estimate of drug-likeness (QED) is 0.0381. The van der Waals surface area contributed by atoms with Gasteiger partial charge in [0.15, 0.2) is 0 Å². The first kappa shape index (κ1) is 61.9. The van der Waals surface area contributed by atoms with Gasteiger partial charge in [0.05, 0.1) is 38.4 Å². The summed E-state index contributed by atoms with van der Waals surface area (Å²) < 4.78 is 20.1. The van der Waals surface area contributed by atoms with Crippen molar-refractivity contribution in [3.05, 3.63) is 133 Å². The summed E-state index contributed by atoms with van der Waals surface area (Å²) in [5.74, 6) is -2.48. The van der Waals surface area contributed by atoms with E-state index in [-0.39, 0.29) is 65.1 Å². The average Bonchev–Trinajstić information content (AvgIpc) is 3.20. The number of carboxylic acids is 2. The molecular weight excluding hydrogens is 1160 g/mol. The van der Waals surface area contributed by atoms with Gasteiger partial charge < -0.3 is 50.2 Å². The predicted molar refractivity (Wildman–Crippen MR) is 235 cm³/mol. The van der Waals surface area contributed by atoms with E-state index in [1.54, 1.807) is 38.1 Å². The molecule has 4 rings (SSSR count). The second-order valence-electron chi connectivity index (χ2n) is 12.6. The van der Waals surface area contributed by atoms with Gasteiger partial charge in [0, 0.05) is 63.5 Å². The van der Waals surface area contributed by atoms with Crippen molar-refractivity contribution in [1.29, 1.82) is 10.8 Å². The number of aliphatic carboxylic acids is 2. The Balaban J connectivity index is -0.000000789. The number of ether oxygens (including phenoxy) is 4. The van der Waals surface area contributed by atoms with Gasteiger partial charge in [0.1, 0.15) is 23.2 Å². The van der Waals surface area contributed by atoms with Crippen LogP contribution in [0, 0.1) is 10.8 Å². The number of unbranched alkanes of at least 4 members (excludes halogenated alkanes) is 2. The van der Waals surface area contributed by atoms with Crippen LogP contribution in [0.5, 0.6) is 11.5 Å². The maximum Gasteiger partial charge on any atom is 0.330 e. The van der Waals surface area contributed by atoms with Crippen LogP contribution in [0.3, 0.4) is 0 Å². The molecule has 0 aliphatic heterocycles. The summed E-state index contributed by atoms with van der Waals surface area (Å²) in [4.78, 5) is 40.1. The number of amidine groups is 2. The zero-order valence-corrected chi connectivity index (χ0v) is 40.8. The van der Waals surface area contributed by atoms with Crippen LogP contribution in [-0.2, 0) is 68.9 Å². The van der Waals surface area contributed by atoms with Crippen LogP contribution in [0.1, 0.15) is 95.6 Å². The summed E-state index contributed by atoms with van der Waals surface area (Å²) >= 11 is 0. The molecule has 350 valence electrons. The van der Waals surface area contributed by atoms with Gasteiger partial charge in [-0.05, 0) is 145 Å². The van der Waals surface area contributed by atoms with Crippen molar-refractivity contribution in [3.8, 4) is 11.5 Å². The second kappa shape index (κ2) is 43.3. The Kier molecular flexibility index (Phi) is 42.5. The Labute approximate surface area is 399 Å². The molecule has 0 bridgehead atoms. The molecule has 14 nitrogen and oxygen atoms in total. The maximum atomic E-state index is 10.3. The predicted octanol–water partition coefficient (Wildman–Crippen LogP) is 5.93. The molecule has 0 atom stereocenters. The molecular formula is C47H62Ir2N4O10-2. The minimum absolute atomic E-state index is 0. The maximum absolute atomic E-state index is 10.3. The van der Waals surface area contributed by atoms with Crippen LogP contribution < -0.4 is 31.2 Å². The molecule has 2 radical (unpaired) electrons. The number of carbonyl (C=O) groups is 4. The fourth-order valence-corrected chi connectivity index (χ4v) is 4.59. The molecule has 0 saturated carbocycles. The van der Waals surface area contributed by atoms with Crippen molar-refractivity contribution in [2.45, 2.75) is 84.5 Å². The topological polar surface area (TPSA) is 251 Å². The third-order valence-corrected chi connectivity index (χ3v) is 7.61. The second-order valence-corrected chi connectivity index (χ2v) is 12.6. The molecule has 0 fully saturated rings. The van der Waals surface area contributed by atoms with Crippen LogP contribution in [0.4, 0.5) is 0 Å².